The Bertz CT molecular complexity index is 641. The van der Waals surface area contributed by atoms with Gasteiger partial charge in [0.15, 0.2) is 0 Å². The number of hydrogen-bond acceptors (Lipinski definition) is 3. The average Bonchev–Trinajstić information content (AvgIpc) is 3.01. The normalized spacial score (nSPS) is 16.5. The number of fused-ring (bicyclic) bond motifs is 1. The second-order valence-corrected chi connectivity index (χ2v) is 6.21. The minimum Gasteiger partial charge on any atom is -0.349 e. The lowest BCUT2D eigenvalue weighted by molar-refractivity contribution is 0.0952. The van der Waals surface area contributed by atoms with Gasteiger partial charge in [0.1, 0.15) is 0 Å². The first-order chi connectivity index (χ1) is 10.3. The van der Waals surface area contributed by atoms with Crippen LogP contribution in [-0.4, -0.2) is 19.0 Å². The molecule has 0 bridgehead atoms. The van der Waals surface area contributed by atoms with Crippen LogP contribution in [0, 0.1) is 0 Å². The number of carbonyl (C=O) groups excluding carboxylic acids is 1. The van der Waals surface area contributed by atoms with Crippen molar-refractivity contribution in [2.45, 2.75) is 25.8 Å². The zero-order chi connectivity index (χ0) is 14.7. The Morgan fingerprint density at radius 2 is 2.18 bits per heavy atom. The van der Waals surface area contributed by atoms with Gasteiger partial charge in [0.2, 0.25) is 0 Å². The number of aryl methyl sites for hydroxylation is 1. The molecule has 0 radical (unpaired) electrons. The minimum absolute atomic E-state index is 0. The Morgan fingerprint density at radius 3 is 3.00 bits per heavy atom. The molecule has 0 saturated heterocycles. The number of nitrogens with one attached hydrogen (secondary N) is 2. The van der Waals surface area contributed by atoms with Crippen LogP contribution >= 0.6 is 23.7 Å². The Morgan fingerprint density at radius 1 is 1.36 bits per heavy atom. The molecule has 1 amide bonds. The fraction of sp³-hybridized carbons (Fsp3) is 0.353. The van der Waals surface area contributed by atoms with Gasteiger partial charge < -0.3 is 10.6 Å². The van der Waals surface area contributed by atoms with Crippen molar-refractivity contribution in [3.63, 3.8) is 0 Å². The smallest absolute Gasteiger partial charge is 0.261 e. The first kappa shape index (κ1) is 17.0. The third kappa shape index (κ3) is 3.51. The zero-order valence-corrected chi connectivity index (χ0v) is 14.2. The van der Waals surface area contributed by atoms with Crippen LogP contribution in [0.2, 0.25) is 0 Å². The largest absolute Gasteiger partial charge is 0.349 e. The van der Waals surface area contributed by atoms with Crippen LogP contribution < -0.4 is 10.6 Å². The molecule has 0 saturated carbocycles. The van der Waals surface area contributed by atoms with Gasteiger partial charge in [-0.15, -0.1) is 23.7 Å². The van der Waals surface area contributed by atoms with Crippen molar-refractivity contribution in [2.24, 2.45) is 0 Å². The Kier molecular flexibility index (Phi) is 6.00. The summed E-state index contributed by atoms with van der Waals surface area (Å²) in [5.41, 5.74) is 3.83. The molecule has 3 rings (SSSR count). The van der Waals surface area contributed by atoms with E-state index in [1.165, 1.54) is 22.5 Å². The Labute approximate surface area is 141 Å². The molecule has 2 aromatic rings. The van der Waals surface area contributed by atoms with Gasteiger partial charge >= 0.3 is 0 Å². The summed E-state index contributed by atoms with van der Waals surface area (Å²) in [6.07, 6.45) is 1.96. The molecule has 1 aliphatic rings. The zero-order valence-electron chi connectivity index (χ0n) is 12.6. The lowest BCUT2D eigenvalue weighted by Crippen LogP contribution is -2.38. The molecular formula is C17H21ClN2OS. The monoisotopic (exact) mass is 336 g/mol. The molecule has 5 heteroatoms. The second-order valence-electron chi connectivity index (χ2n) is 5.29. The summed E-state index contributed by atoms with van der Waals surface area (Å²) in [5.74, 6) is 0.0479. The molecular weight excluding hydrogens is 316 g/mol. The first-order valence-electron chi connectivity index (χ1n) is 7.45. The van der Waals surface area contributed by atoms with Crippen LogP contribution in [-0.2, 0) is 12.8 Å². The summed E-state index contributed by atoms with van der Waals surface area (Å²) >= 11 is 1.52. The molecule has 1 aromatic heterocycles. The predicted molar refractivity (Wildman–Crippen MR) is 94.2 cm³/mol. The van der Waals surface area contributed by atoms with Crippen molar-refractivity contribution < 1.29 is 4.79 Å². The van der Waals surface area contributed by atoms with Crippen LogP contribution in [0.15, 0.2) is 35.7 Å². The topological polar surface area (TPSA) is 41.1 Å². The van der Waals surface area contributed by atoms with Crippen LogP contribution in [0.25, 0.3) is 0 Å². The van der Waals surface area contributed by atoms with Gasteiger partial charge in [0, 0.05) is 12.6 Å². The van der Waals surface area contributed by atoms with E-state index in [-0.39, 0.29) is 24.4 Å². The van der Waals surface area contributed by atoms with Crippen molar-refractivity contribution in [1.29, 1.82) is 0 Å². The molecule has 1 unspecified atom stereocenters. The molecule has 3 nitrogen and oxygen atoms in total. The third-order valence-corrected chi connectivity index (χ3v) is 4.97. The summed E-state index contributed by atoms with van der Waals surface area (Å²) in [5, 5.41) is 8.56. The van der Waals surface area contributed by atoms with E-state index in [1.807, 2.05) is 11.4 Å². The fourth-order valence-electron chi connectivity index (χ4n) is 2.86. The maximum Gasteiger partial charge on any atom is 0.261 e. The summed E-state index contributed by atoms with van der Waals surface area (Å²) in [7, 11) is 0. The highest BCUT2D eigenvalue weighted by atomic mass is 35.5. The van der Waals surface area contributed by atoms with Crippen LogP contribution in [0.3, 0.4) is 0 Å². The fourth-order valence-corrected chi connectivity index (χ4v) is 3.77. The summed E-state index contributed by atoms with van der Waals surface area (Å²) in [4.78, 5) is 13.2. The quantitative estimate of drug-likeness (QED) is 0.899. The highest BCUT2D eigenvalue weighted by molar-refractivity contribution is 7.12. The van der Waals surface area contributed by atoms with E-state index >= 15 is 0 Å². The summed E-state index contributed by atoms with van der Waals surface area (Å²) in [6.45, 7) is 3.69. The van der Waals surface area contributed by atoms with Gasteiger partial charge in [-0.05, 0) is 47.5 Å². The highest BCUT2D eigenvalue weighted by Gasteiger charge is 2.20. The van der Waals surface area contributed by atoms with Gasteiger partial charge in [-0.1, -0.05) is 31.2 Å². The van der Waals surface area contributed by atoms with Gasteiger partial charge in [0.25, 0.3) is 5.91 Å². The average molecular weight is 337 g/mol. The Hall–Kier alpha value is -1.36. The van der Waals surface area contributed by atoms with E-state index < -0.39 is 0 Å². The summed E-state index contributed by atoms with van der Waals surface area (Å²) < 4.78 is 0. The van der Waals surface area contributed by atoms with Crippen LogP contribution in [0.4, 0.5) is 0 Å². The number of carbonyl (C=O) groups is 1. The van der Waals surface area contributed by atoms with Crippen molar-refractivity contribution in [2.75, 3.05) is 13.1 Å². The molecule has 1 aliphatic heterocycles. The van der Waals surface area contributed by atoms with Gasteiger partial charge in [0.05, 0.1) is 4.88 Å². The van der Waals surface area contributed by atoms with Crippen molar-refractivity contribution in [1.82, 2.24) is 10.6 Å². The number of rotatable bonds is 4. The van der Waals surface area contributed by atoms with E-state index in [0.717, 1.165) is 29.8 Å². The molecule has 1 aromatic carbocycles. The molecule has 0 spiro atoms. The summed E-state index contributed by atoms with van der Waals surface area (Å²) in [6, 6.07) is 10.7. The number of thiophene rings is 1. The molecule has 0 aliphatic carbocycles. The van der Waals surface area contributed by atoms with Crippen LogP contribution in [0.1, 0.15) is 39.3 Å². The maximum atomic E-state index is 12.3. The van der Waals surface area contributed by atoms with E-state index in [2.05, 4.69) is 41.8 Å². The molecule has 2 heterocycles. The van der Waals surface area contributed by atoms with Crippen molar-refractivity contribution in [3.8, 4) is 0 Å². The van der Waals surface area contributed by atoms with Crippen LogP contribution in [0.5, 0.6) is 0 Å². The number of benzene rings is 1. The van der Waals surface area contributed by atoms with E-state index in [9.17, 15) is 4.79 Å². The molecule has 2 N–H and O–H groups in total. The van der Waals surface area contributed by atoms with Gasteiger partial charge in [-0.2, -0.15) is 0 Å². The SMILES string of the molecule is CCc1ccsc1C(=O)NCC1NCCc2ccccc21.Cl. The predicted octanol–water partition coefficient (Wildman–Crippen LogP) is 3.35. The lowest BCUT2D eigenvalue weighted by Gasteiger charge is -2.27. The second kappa shape index (κ2) is 7.77. The third-order valence-electron chi connectivity index (χ3n) is 4.02. The standard InChI is InChI=1S/C17H20N2OS.ClH/c1-2-12-8-10-21-16(12)17(20)19-11-15-14-6-4-3-5-13(14)7-9-18-15;/h3-6,8,10,15,18H,2,7,9,11H2,1H3,(H,19,20);1H. The van der Waals surface area contributed by atoms with E-state index in [4.69, 9.17) is 0 Å². The van der Waals surface area contributed by atoms with Gasteiger partial charge in [-0.3, -0.25) is 4.79 Å². The van der Waals surface area contributed by atoms with Crippen molar-refractivity contribution >= 4 is 29.7 Å². The lowest BCUT2D eigenvalue weighted by atomic mass is 9.94. The first-order valence-corrected chi connectivity index (χ1v) is 8.33. The molecule has 0 fully saturated rings. The minimum atomic E-state index is 0. The highest BCUT2D eigenvalue weighted by Crippen LogP contribution is 2.22. The number of amides is 1. The molecule has 118 valence electrons. The van der Waals surface area contributed by atoms with Crippen molar-refractivity contribution in [3.05, 3.63) is 57.3 Å². The molecule has 22 heavy (non-hydrogen) atoms. The van der Waals surface area contributed by atoms with Gasteiger partial charge in [-0.25, -0.2) is 0 Å². The molecule has 1 atom stereocenters. The van der Waals surface area contributed by atoms with E-state index in [1.54, 1.807) is 0 Å². The number of hydrogen-bond donors (Lipinski definition) is 2. The number of halogens is 1. The Balaban J connectivity index is 0.00000176. The van der Waals surface area contributed by atoms with E-state index in [0.29, 0.717) is 6.54 Å². The maximum absolute atomic E-state index is 12.3.